The Labute approximate surface area is 86.5 Å². The number of anilines is 1. The highest BCUT2D eigenvalue weighted by atomic mass is 79.9. The lowest BCUT2D eigenvalue weighted by atomic mass is 10.2. The molecule has 1 rings (SSSR count). The van der Waals surface area contributed by atoms with E-state index in [1.807, 2.05) is 6.07 Å². The van der Waals surface area contributed by atoms with Crippen molar-refractivity contribution in [1.82, 2.24) is 4.98 Å². The van der Waals surface area contributed by atoms with Crippen molar-refractivity contribution in [3.8, 4) is 0 Å². The molecule has 0 unspecified atom stereocenters. The highest BCUT2D eigenvalue weighted by Gasteiger charge is 1.99. The van der Waals surface area contributed by atoms with Gasteiger partial charge in [-0.25, -0.2) is 4.98 Å². The van der Waals surface area contributed by atoms with Gasteiger partial charge in [0.15, 0.2) is 0 Å². The topological polar surface area (TPSA) is 24.9 Å². The second-order valence-corrected chi connectivity index (χ2v) is 3.38. The van der Waals surface area contributed by atoms with Crippen molar-refractivity contribution in [3.63, 3.8) is 0 Å². The van der Waals surface area contributed by atoms with Crippen molar-refractivity contribution in [2.75, 3.05) is 11.9 Å². The van der Waals surface area contributed by atoms with Gasteiger partial charge < -0.3 is 5.32 Å². The third-order valence-corrected chi connectivity index (χ3v) is 1.95. The van der Waals surface area contributed by atoms with E-state index in [0.29, 0.717) is 6.54 Å². The number of pyridine rings is 1. The maximum atomic E-state index is 4.21. The van der Waals surface area contributed by atoms with Gasteiger partial charge in [-0.05, 0) is 22.0 Å². The number of hydrogen-bond donors (Lipinski definition) is 1. The van der Waals surface area contributed by atoms with Crippen LogP contribution in [0.1, 0.15) is 5.56 Å². The Balaban J connectivity index is 2.91. The van der Waals surface area contributed by atoms with E-state index in [9.17, 15) is 0 Å². The Hall–Kier alpha value is -1.09. The van der Waals surface area contributed by atoms with E-state index < -0.39 is 0 Å². The Morgan fingerprint density at radius 1 is 1.54 bits per heavy atom. The zero-order valence-electron chi connectivity index (χ0n) is 7.26. The van der Waals surface area contributed by atoms with Crippen LogP contribution in [0.5, 0.6) is 0 Å². The molecule has 0 saturated heterocycles. The molecular formula is C10H11BrN2. The second kappa shape index (κ2) is 4.82. The van der Waals surface area contributed by atoms with Crippen molar-refractivity contribution in [3.05, 3.63) is 41.5 Å². The largest absolute Gasteiger partial charge is 0.366 e. The number of rotatable bonds is 4. The van der Waals surface area contributed by atoms with Crippen LogP contribution in [0.15, 0.2) is 36.0 Å². The molecule has 0 aromatic carbocycles. The number of halogens is 1. The first-order valence-electron chi connectivity index (χ1n) is 3.90. The van der Waals surface area contributed by atoms with Crippen LogP contribution >= 0.6 is 15.9 Å². The third-order valence-electron chi connectivity index (χ3n) is 1.52. The molecule has 0 bridgehead atoms. The highest BCUT2D eigenvalue weighted by molar-refractivity contribution is 9.10. The van der Waals surface area contributed by atoms with Crippen LogP contribution < -0.4 is 5.32 Å². The number of hydrogen-bond acceptors (Lipinski definition) is 2. The van der Waals surface area contributed by atoms with E-state index in [1.165, 1.54) is 0 Å². The minimum Gasteiger partial charge on any atom is -0.366 e. The summed E-state index contributed by atoms with van der Waals surface area (Å²) >= 11 is 3.35. The Bertz CT molecular complexity index is 321. The summed E-state index contributed by atoms with van der Waals surface area (Å²) in [6.07, 6.45) is 5.30. The Kier molecular flexibility index (Phi) is 3.71. The number of nitrogens with one attached hydrogen (secondary N) is 1. The quantitative estimate of drug-likeness (QED) is 0.816. The molecule has 0 amide bonds. The molecule has 13 heavy (non-hydrogen) atoms. The molecule has 0 spiro atoms. The predicted molar refractivity (Wildman–Crippen MR) is 60.7 cm³/mol. The van der Waals surface area contributed by atoms with Crippen LogP contribution in [0.25, 0.3) is 6.08 Å². The Morgan fingerprint density at radius 3 is 2.92 bits per heavy atom. The SMILES string of the molecule is C=CCNc1ncc(Br)cc1C=C. The van der Waals surface area contributed by atoms with Gasteiger partial charge in [0.2, 0.25) is 0 Å². The monoisotopic (exact) mass is 238 g/mol. The van der Waals surface area contributed by atoms with E-state index in [1.54, 1.807) is 18.3 Å². The molecule has 3 heteroatoms. The normalized spacial score (nSPS) is 9.31. The van der Waals surface area contributed by atoms with E-state index in [2.05, 4.69) is 39.4 Å². The standard InChI is InChI=1S/C10H11BrN2/c1-3-5-12-10-8(4-2)6-9(11)7-13-10/h3-4,6-7H,1-2,5H2,(H,12,13). The molecule has 0 atom stereocenters. The minimum atomic E-state index is 0.704. The van der Waals surface area contributed by atoms with Crippen molar-refractivity contribution >= 4 is 27.8 Å². The van der Waals surface area contributed by atoms with Crippen LogP contribution in [0, 0.1) is 0 Å². The van der Waals surface area contributed by atoms with E-state index >= 15 is 0 Å². The van der Waals surface area contributed by atoms with Gasteiger partial charge in [0, 0.05) is 22.8 Å². The molecule has 1 heterocycles. The lowest BCUT2D eigenvalue weighted by Crippen LogP contribution is -2.01. The van der Waals surface area contributed by atoms with Crippen LogP contribution in [0.2, 0.25) is 0 Å². The summed E-state index contributed by atoms with van der Waals surface area (Å²) in [6.45, 7) is 8.04. The van der Waals surface area contributed by atoms with Crippen molar-refractivity contribution in [2.24, 2.45) is 0 Å². The summed E-state index contributed by atoms with van der Waals surface area (Å²) in [6, 6.07) is 1.96. The van der Waals surface area contributed by atoms with Gasteiger partial charge in [0.25, 0.3) is 0 Å². The summed E-state index contributed by atoms with van der Waals surface area (Å²) in [5, 5.41) is 3.12. The van der Waals surface area contributed by atoms with Gasteiger partial charge >= 0.3 is 0 Å². The first-order chi connectivity index (χ1) is 6.27. The summed E-state index contributed by atoms with van der Waals surface area (Å²) in [5.74, 6) is 0.832. The second-order valence-electron chi connectivity index (χ2n) is 2.47. The van der Waals surface area contributed by atoms with E-state index in [-0.39, 0.29) is 0 Å². The highest BCUT2D eigenvalue weighted by Crippen LogP contribution is 2.18. The molecule has 0 aliphatic rings. The molecule has 0 aliphatic carbocycles. The molecule has 1 aromatic rings. The molecular weight excluding hydrogens is 228 g/mol. The van der Waals surface area contributed by atoms with Gasteiger partial charge in [-0.3, -0.25) is 0 Å². The summed E-state index contributed by atoms with van der Waals surface area (Å²) < 4.78 is 0.951. The van der Waals surface area contributed by atoms with Gasteiger partial charge in [-0.15, -0.1) is 6.58 Å². The van der Waals surface area contributed by atoms with Gasteiger partial charge in [-0.1, -0.05) is 18.7 Å². The van der Waals surface area contributed by atoms with Gasteiger partial charge in [0.1, 0.15) is 5.82 Å². The van der Waals surface area contributed by atoms with Crippen LogP contribution in [0.4, 0.5) is 5.82 Å². The maximum absolute atomic E-state index is 4.21. The zero-order valence-corrected chi connectivity index (χ0v) is 8.84. The number of nitrogens with zero attached hydrogens (tertiary/aromatic N) is 1. The molecule has 1 aromatic heterocycles. The minimum absolute atomic E-state index is 0.704. The fourth-order valence-corrected chi connectivity index (χ4v) is 1.28. The van der Waals surface area contributed by atoms with Gasteiger partial charge in [0.05, 0.1) is 0 Å². The fourth-order valence-electron chi connectivity index (χ4n) is 0.927. The number of aromatic nitrogens is 1. The maximum Gasteiger partial charge on any atom is 0.133 e. The van der Waals surface area contributed by atoms with Crippen molar-refractivity contribution < 1.29 is 0 Å². The lowest BCUT2D eigenvalue weighted by molar-refractivity contribution is 1.21. The summed E-state index contributed by atoms with van der Waals surface area (Å²) in [5.41, 5.74) is 0.983. The molecule has 1 N–H and O–H groups in total. The fraction of sp³-hybridized carbons (Fsp3) is 0.100. The lowest BCUT2D eigenvalue weighted by Gasteiger charge is -2.06. The zero-order chi connectivity index (χ0) is 9.68. The molecule has 0 aliphatic heterocycles. The van der Waals surface area contributed by atoms with Crippen molar-refractivity contribution in [2.45, 2.75) is 0 Å². The molecule has 2 nitrogen and oxygen atoms in total. The average Bonchev–Trinajstić information content (AvgIpc) is 2.16. The first kappa shape index (κ1) is 9.99. The van der Waals surface area contributed by atoms with E-state index in [4.69, 9.17) is 0 Å². The van der Waals surface area contributed by atoms with Crippen LogP contribution in [-0.2, 0) is 0 Å². The molecule has 0 radical (unpaired) electrons. The third kappa shape index (κ3) is 2.70. The van der Waals surface area contributed by atoms with Gasteiger partial charge in [-0.2, -0.15) is 0 Å². The predicted octanol–water partition coefficient (Wildman–Crippen LogP) is 3.09. The molecule has 0 fully saturated rings. The average molecular weight is 239 g/mol. The molecule has 68 valence electrons. The first-order valence-corrected chi connectivity index (χ1v) is 4.70. The van der Waals surface area contributed by atoms with E-state index in [0.717, 1.165) is 15.9 Å². The van der Waals surface area contributed by atoms with Crippen LogP contribution in [0.3, 0.4) is 0 Å². The molecule has 0 saturated carbocycles. The summed E-state index contributed by atoms with van der Waals surface area (Å²) in [4.78, 5) is 4.21. The van der Waals surface area contributed by atoms with Crippen molar-refractivity contribution in [1.29, 1.82) is 0 Å². The summed E-state index contributed by atoms with van der Waals surface area (Å²) in [7, 11) is 0. The van der Waals surface area contributed by atoms with Crippen LogP contribution in [-0.4, -0.2) is 11.5 Å². The Morgan fingerprint density at radius 2 is 2.31 bits per heavy atom. The smallest absolute Gasteiger partial charge is 0.133 e.